The Kier molecular flexibility index (Phi) is 5.04. The minimum absolute atomic E-state index is 0.134. The lowest BCUT2D eigenvalue weighted by atomic mass is 9.55. The van der Waals surface area contributed by atoms with Crippen LogP contribution in [-0.2, 0) is 9.59 Å². The summed E-state index contributed by atoms with van der Waals surface area (Å²) in [5.74, 6) is -1.56. The zero-order valence-electron chi connectivity index (χ0n) is 21.4. The van der Waals surface area contributed by atoms with E-state index < -0.39 is 11.8 Å². The van der Waals surface area contributed by atoms with E-state index in [0.717, 1.165) is 55.5 Å². The number of halogens is 1. The van der Waals surface area contributed by atoms with E-state index in [1.54, 1.807) is 6.21 Å². The third kappa shape index (κ3) is 3.08. The highest BCUT2D eigenvalue weighted by Gasteiger charge is 2.61. The number of aryl methyl sites for hydroxylation is 2. The van der Waals surface area contributed by atoms with Crippen LogP contribution in [0, 0.1) is 32.6 Å². The SMILES string of the molecule is Cc1ccc(-n2c(C)cc(/C=N\N3C(=O)[C@H]4C5c6ccccc6C(c6ccccc65)[C@@H]4C3=O)c2C)cc1Cl. The van der Waals surface area contributed by atoms with Gasteiger partial charge in [-0.2, -0.15) is 10.1 Å². The first-order valence-corrected chi connectivity index (χ1v) is 13.3. The lowest BCUT2D eigenvalue weighted by Crippen LogP contribution is -2.41. The highest BCUT2D eigenvalue weighted by molar-refractivity contribution is 6.31. The molecule has 3 aromatic carbocycles. The average Bonchev–Trinajstić information content (AvgIpc) is 3.35. The first kappa shape index (κ1) is 23.2. The van der Waals surface area contributed by atoms with Crippen LogP contribution in [0.25, 0.3) is 5.69 Å². The van der Waals surface area contributed by atoms with Crippen molar-refractivity contribution < 1.29 is 9.59 Å². The van der Waals surface area contributed by atoms with Crippen LogP contribution in [0.15, 0.2) is 77.9 Å². The molecule has 2 atom stereocenters. The maximum absolute atomic E-state index is 13.8. The molecule has 2 bridgehead atoms. The second-order valence-corrected chi connectivity index (χ2v) is 11.0. The van der Waals surface area contributed by atoms with Crippen LogP contribution >= 0.6 is 11.6 Å². The molecular weight excluding hydrogens is 494 g/mol. The predicted molar refractivity (Wildman–Crippen MR) is 148 cm³/mol. The Labute approximate surface area is 226 Å². The minimum atomic E-state index is -0.434. The fourth-order valence-corrected chi connectivity index (χ4v) is 7.11. The molecule has 188 valence electrons. The predicted octanol–water partition coefficient (Wildman–Crippen LogP) is 6.28. The number of aromatic nitrogens is 1. The number of hydrazone groups is 1. The quantitative estimate of drug-likeness (QED) is 0.236. The summed E-state index contributed by atoms with van der Waals surface area (Å²) in [5, 5.41) is 6.35. The van der Waals surface area contributed by atoms with Gasteiger partial charge in [-0.3, -0.25) is 9.59 Å². The van der Waals surface area contributed by atoms with Crippen molar-refractivity contribution in [3.63, 3.8) is 0 Å². The fourth-order valence-electron chi connectivity index (χ4n) is 6.93. The molecule has 2 amide bonds. The Morgan fingerprint density at radius 1 is 0.763 bits per heavy atom. The zero-order chi connectivity index (χ0) is 26.3. The molecular formula is C32H26ClN3O2. The Morgan fingerprint density at radius 2 is 1.29 bits per heavy atom. The van der Waals surface area contributed by atoms with E-state index >= 15 is 0 Å². The minimum Gasteiger partial charge on any atom is -0.318 e. The second kappa shape index (κ2) is 8.27. The first-order chi connectivity index (χ1) is 18.4. The summed E-state index contributed by atoms with van der Waals surface area (Å²) in [6.45, 7) is 6.00. The van der Waals surface area contributed by atoms with Gasteiger partial charge in [-0.25, -0.2) is 0 Å². The number of hydrogen-bond acceptors (Lipinski definition) is 3. The molecule has 0 saturated carbocycles. The normalized spacial score (nSPS) is 23.2. The summed E-state index contributed by atoms with van der Waals surface area (Å²) >= 11 is 6.39. The van der Waals surface area contributed by atoms with Crippen molar-refractivity contribution >= 4 is 29.6 Å². The molecule has 1 saturated heterocycles. The first-order valence-electron chi connectivity index (χ1n) is 12.9. The molecule has 0 spiro atoms. The number of imide groups is 1. The largest absolute Gasteiger partial charge is 0.318 e. The van der Waals surface area contributed by atoms with Gasteiger partial charge in [0.15, 0.2) is 0 Å². The lowest BCUT2D eigenvalue weighted by Gasteiger charge is -2.45. The lowest BCUT2D eigenvalue weighted by molar-refractivity contribution is -0.139. The van der Waals surface area contributed by atoms with Crippen molar-refractivity contribution in [2.75, 3.05) is 0 Å². The van der Waals surface area contributed by atoms with E-state index in [1.165, 1.54) is 0 Å². The molecule has 6 heteroatoms. The van der Waals surface area contributed by atoms with Gasteiger partial charge < -0.3 is 4.57 Å². The molecule has 4 aliphatic rings. The summed E-state index contributed by atoms with van der Waals surface area (Å²) < 4.78 is 2.10. The third-order valence-electron chi connectivity index (χ3n) is 8.62. The Balaban J connectivity index is 1.26. The van der Waals surface area contributed by atoms with Crippen molar-refractivity contribution in [2.45, 2.75) is 32.6 Å². The van der Waals surface area contributed by atoms with Crippen LogP contribution in [0.5, 0.6) is 0 Å². The summed E-state index contributed by atoms with van der Waals surface area (Å²) in [6.07, 6.45) is 1.64. The number of rotatable bonds is 3. The molecule has 1 aliphatic heterocycles. The number of carbonyl (C=O) groups is 2. The number of hydrogen-bond donors (Lipinski definition) is 0. The number of carbonyl (C=O) groups excluding carboxylic acids is 2. The van der Waals surface area contributed by atoms with E-state index in [4.69, 9.17) is 11.6 Å². The van der Waals surface area contributed by atoms with Gasteiger partial charge in [0.25, 0.3) is 11.8 Å². The fraction of sp³-hybridized carbons (Fsp3) is 0.219. The van der Waals surface area contributed by atoms with Crippen molar-refractivity contribution in [1.29, 1.82) is 0 Å². The number of benzene rings is 3. The van der Waals surface area contributed by atoms with Crippen LogP contribution in [-0.4, -0.2) is 27.6 Å². The molecule has 3 aliphatic carbocycles. The molecule has 0 N–H and O–H groups in total. The van der Waals surface area contributed by atoms with Gasteiger partial charge in [0.1, 0.15) is 0 Å². The molecule has 8 rings (SSSR count). The summed E-state index contributed by atoms with van der Waals surface area (Å²) in [6, 6.07) is 24.5. The maximum Gasteiger partial charge on any atom is 0.254 e. The van der Waals surface area contributed by atoms with Crippen LogP contribution in [0.2, 0.25) is 5.02 Å². The molecule has 4 aromatic rings. The van der Waals surface area contributed by atoms with E-state index in [9.17, 15) is 9.59 Å². The highest BCUT2D eigenvalue weighted by atomic mass is 35.5. The van der Waals surface area contributed by atoms with Crippen molar-refractivity contribution in [2.24, 2.45) is 16.9 Å². The summed E-state index contributed by atoms with van der Waals surface area (Å²) in [7, 11) is 0. The van der Waals surface area contributed by atoms with Crippen LogP contribution in [0.1, 0.15) is 56.6 Å². The molecule has 38 heavy (non-hydrogen) atoms. The van der Waals surface area contributed by atoms with E-state index in [2.05, 4.69) is 33.9 Å². The van der Waals surface area contributed by atoms with Gasteiger partial charge in [-0.05, 0) is 66.8 Å². The molecule has 0 unspecified atom stereocenters. The van der Waals surface area contributed by atoms with Gasteiger partial charge in [-0.1, -0.05) is 66.2 Å². The molecule has 0 radical (unpaired) electrons. The Bertz CT molecular complexity index is 1590. The third-order valence-corrected chi connectivity index (χ3v) is 9.03. The zero-order valence-corrected chi connectivity index (χ0v) is 22.1. The Hall–Kier alpha value is -3.96. The van der Waals surface area contributed by atoms with Crippen molar-refractivity contribution in [3.05, 3.63) is 123 Å². The van der Waals surface area contributed by atoms with Gasteiger partial charge in [0.05, 0.1) is 18.1 Å². The topological polar surface area (TPSA) is 54.7 Å². The number of amides is 2. The average molecular weight is 520 g/mol. The molecule has 5 nitrogen and oxygen atoms in total. The van der Waals surface area contributed by atoms with Crippen LogP contribution in [0.3, 0.4) is 0 Å². The monoisotopic (exact) mass is 519 g/mol. The van der Waals surface area contributed by atoms with E-state index in [-0.39, 0.29) is 23.7 Å². The molecule has 1 fully saturated rings. The number of nitrogens with zero attached hydrogens (tertiary/aromatic N) is 3. The standard InChI is InChI=1S/C32H26ClN3O2/c1-17-12-13-21(15-26(17)33)35-18(2)14-20(19(35)3)16-34-36-31(37)29-27-22-8-4-5-9-23(22)28(30(29)32(36)38)25-11-7-6-10-24(25)27/h4-16,27-30H,1-3H3/b34-16-/t27?,28?,29-,30-/m0/s1. The van der Waals surface area contributed by atoms with Crippen LogP contribution in [0.4, 0.5) is 0 Å². The van der Waals surface area contributed by atoms with Gasteiger partial charge in [0.2, 0.25) is 0 Å². The summed E-state index contributed by atoms with van der Waals surface area (Å²) in [5.41, 5.74) is 9.43. The van der Waals surface area contributed by atoms with E-state index in [1.807, 2.05) is 69.3 Å². The maximum atomic E-state index is 13.8. The molecule has 1 aromatic heterocycles. The highest BCUT2D eigenvalue weighted by Crippen LogP contribution is 2.60. The van der Waals surface area contributed by atoms with E-state index in [0.29, 0.717) is 5.02 Å². The smallest absolute Gasteiger partial charge is 0.254 e. The summed E-state index contributed by atoms with van der Waals surface area (Å²) in [4.78, 5) is 27.6. The van der Waals surface area contributed by atoms with Gasteiger partial charge in [-0.15, -0.1) is 0 Å². The van der Waals surface area contributed by atoms with Crippen LogP contribution < -0.4 is 0 Å². The van der Waals surface area contributed by atoms with Gasteiger partial charge in [0, 0.05) is 39.5 Å². The second-order valence-electron chi connectivity index (χ2n) is 10.6. The Morgan fingerprint density at radius 3 is 1.79 bits per heavy atom. The van der Waals surface area contributed by atoms with Crippen molar-refractivity contribution in [3.8, 4) is 5.69 Å². The van der Waals surface area contributed by atoms with Crippen molar-refractivity contribution in [1.82, 2.24) is 9.58 Å². The molecule has 2 heterocycles. The van der Waals surface area contributed by atoms with Gasteiger partial charge >= 0.3 is 0 Å².